The number of sulfonamides is 1. The van der Waals surface area contributed by atoms with Crippen LogP contribution in [0.1, 0.15) is 31.4 Å². The van der Waals surface area contributed by atoms with Crippen molar-refractivity contribution >= 4 is 10.0 Å². The fourth-order valence-corrected chi connectivity index (χ4v) is 4.52. The number of hydrogen-bond acceptors (Lipinski definition) is 5. The zero-order valence-corrected chi connectivity index (χ0v) is 13.4. The van der Waals surface area contributed by atoms with E-state index in [1.54, 1.807) is 12.1 Å². The highest BCUT2D eigenvalue weighted by Gasteiger charge is 2.30. The lowest BCUT2D eigenvalue weighted by Crippen LogP contribution is -2.32. The second kappa shape index (κ2) is 6.41. The van der Waals surface area contributed by atoms with Crippen molar-refractivity contribution < 1.29 is 12.8 Å². The topological polar surface area (TPSA) is 77.5 Å². The summed E-state index contributed by atoms with van der Waals surface area (Å²) in [5, 5.41) is 8.96. The maximum absolute atomic E-state index is 12.4. The summed E-state index contributed by atoms with van der Waals surface area (Å²) in [6.07, 6.45) is 3.58. The van der Waals surface area contributed by atoms with E-state index in [2.05, 4.69) is 11.0 Å². The molecule has 0 saturated carbocycles. The van der Waals surface area contributed by atoms with Gasteiger partial charge in [-0.2, -0.15) is 9.57 Å². The predicted octanol–water partition coefficient (Wildman–Crippen LogP) is 1.80. The van der Waals surface area contributed by atoms with Crippen LogP contribution in [0.25, 0.3) is 0 Å². The van der Waals surface area contributed by atoms with Gasteiger partial charge < -0.3 is 4.42 Å². The summed E-state index contributed by atoms with van der Waals surface area (Å²) in [5.41, 5.74) is 0. The molecule has 0 radical (unpaired) electrons. The molecule has 0 aromatic carbocycles. The third kappa shape index (κ3) is 3.19. The van der Waals surface area contributed by atoms with Crippen molar-refractivity contribution in [3.05, 3.63) is 17.9 Å². The Hall–Kier alpha value is -1.36. The van der Waals surface area contributed by atoms with Gasteiger partial charge in [0.25, 0.3) is 10.0 Å². The average molecular weight is 323 g/mol. The van der Waals surface area contributed by atoms with Crippen LogP contribution in [0.3, 0.4) is 0 Å². The molecule has 0 bridgehead atoms. The van der Waals surface area contributed by atoms with E-state index in [4.69, 9.17) is 9.68 Å². The SMILES string of the molecule is N#CC1CCN(Cc2ccc(S(=O)(=O)N3CCCC3)o2)CC1. The van der Waals surface area contributed by atoms with Gasteiger partial charge in [0.15, 0.2) is 0 Å². The molecule has 0 unspecified atom stereocenters. The van der Waals surface area contributed by atoms with Gasteiger partial charge in [0.05, 0.1) is 12.6 Å². The van der Waals surface area contributed by atoms with Gasteiger partial charge in [-0.15, -0.1) is 0 Å². The molecule has 2 saturated heterocycles. The van der Waals surface area contributed by atoms with Gasteiger partial charge in [-0.25, -0.2) is 8.42 Å². The molecular weight excluding hydrogens is 302 g/mol. The molecule has 2 aliphatic rings. The molecule has 0 amide bonds. The van der Waals surface area contributed by atoms with Crippen molar-refractivity contribution in [1.29, 1.82) is 5.26 Å². The van der Waals surface area contributed by atoms with E-state index < -0.39 is 10.0 Å². The molecule has 0 N–H and O–H groups in total. The number of rotatable bonds is 4. The fraction of sp³-hybridized carbons (Fsp3) is 0.667. The first-order valence-electron chi connectivity index (χ1n) is 7.80. The summed E-state index contributed by atoms with van der Waals surface area (Å²) in [6.45, 7) is 3.48. The molecule has 0 spiro atoms. The molecular formula is C15H21N3O3S. The Bertz CT molecular complexity index is 648. The Kier molecular flexibility index (Phi) is 4.52. The Labute approximate surface area is 131 Å². The van der Waals surface area contributed by atoms with Crippen molar-refractivity contribution in [2.75, 3.05) is 26.2 Å². The number of nitrogens with zero attached hydrogens (tertiary/aromatic N) is 3. The predicted molar refractivity (Wildman–Crippen MR) is 80.3 cm³/mol. The van der Waals surface area contributed by atoms with Crippen LogP contribution < -0.4 is 0 Å². The quantitative estimate of drug-likeness (QED) is 0.844. The minimum atomic E-state index is -3.47. The van der Waals surface area contributed by atoms with E-state index in [-0.39, 0.29) is 11.0 Å². The van der Waals surface area contributed by atoms with Crippen molar-refractivity contribution in [3.8, 4) is 6.07 Å². The minimum absolute atomic E-state index is 0.0521. The van der Waals surface area contributed by atoms with Crippen molar-refractivity contribution in [2.24, 2.45) is 5.92 Å². The summed E-state index contributed by atoms with van der Waals surface area (Å²) in [6, 6.07) is 5.62. The third-order valence-corrected chi connectivity index (χ3v) is 6.22. The van der Waals surface area contributed by atoms with Crippen LogP contribution in [0.5, 0.6) is 0 Å². The van der Waals surface area contributed by atoms with Gasteiger partial charge in [-0.3, -0.25) is 4.90 Å². The summed E-state index contributed by atoms with van der Waals surface area (Å²) < 4.78 is 31.9. The van der Waals surface area contributed by atoms with E-state index >= 15 is 0 Å². The van der Waals surface area contributed by atoms with Gasteiger partial charge in [-0.05, 0) is 50.9 Å². The standard InChI is InChI=1S/C15H21N3O3S/c16-11-13-5-9-17(10-6-13)12-14-3-4-15(21-14)22(19,20)18-7-1-2-8-18/h3-4,13H,1-2,5-10,12H2. The summed E-state index contributed by atoms with van der Waals surface area (Å²) in [7, 11) is -3.47. The zero-order valence-electron chi connectivity index (χ0n) is 12.6. The Balaban J connectivity index is 1.63. The summed E-state index contributed by atoms with van der Waals surface area (Å²) >= 11 is 0. The molecule has 0 atom stereocenters. The Morgan fingerprint density at radius 1 is 1.18 bits per heavy atom. The lowest BCUT2D eigenvalue weighted by atomic mass is 9.99. The van der Waals surface area contributed by atoms with Crippen LogP contribution in [-0.2, 0) is 16.6 Å². The number of nitriles is 1. The average Bonchev–Trinajstić information content (AvgIpc) is 3.20. The second-order valence-corrected chi connectivity index (χ2v) is 7.88. The van der Waals surface area contributed by atoms with Gasteiger partial charge in [0, 0.05) is 19.0 Å². The van der Waals surface area contributed by atoms with Crippen LogP contribution >= 0.6 is 0 Å². The lowest BCUT2D eigenvalue weighted by molar-refractivity contribution is 0.181. The monoisotopic (exact) mass is 323 g/mol. The normalized spacial score (nSPS) is 22.0. The van der Waals surface area contributed by atoms with Gasteiger partial charge in [-0.1, -0.05) is 0 Å². The maximum atomic E-state index is 12.4. The molecule has 0 aliphatic carbocycles. The van der Waals surface area contributed by atoms with E-state index in [1.165, 1.54) is 4.31 Å². The van der Waals surface area contributed by atoms with Gasteiger partial charge >= 0.3 is 0 Å². The molecule has 2 aliphatic heterocycles. The number of piperidine rings is 1. The molecule has 2 fully saturated rings. The molecule has 22 heavy (non-hydrogen) atoms. The highest BCUT2D eigenvalue weighted by Crippen LogP contribution is 2.24. The van der Waals surface area contributed by atoms with E-state index in [0.29, 0.717) is 25.4 Å². The highest BCUT2D eigenvalue weighted by atomic mass is 32.2. The number of hydrogen-bond donors (Lipinski definition) is 0. The lowest BCUT2D eigenvalue weighted by Gasteiger charge is -2.28. The Morgan fingerprint density at radius 2 is 1.86 bits per heavy atom. The summed E-state index contributed by atoms with van der Waals surface area (Å²) in [5.74, 6) is 0.826. The smallest absolute Gasteiger partial charge is 0.276 e. The molecule has 7 heteroatoms. The zero-order chi connectivity index (χ0) is 15.6. The molecule has 3 heterocycles. The highest BCUT2D eigenvalue weighted by molar-refractivity contribution is 7.89. The Morgan fingerprint density at radius 3 is 2.50 bits per heavy atom. The van der Waals surface area contributed by atoms with Crippen LogP contribution in [0, 0.1) is 17.2 Å². The number of likely N-dealkylation sites (tertiary alicyclic amines) is 1. The first kappa shape index (κ1) is 15.5. The van der Waals surface area contributed by atoms with E-state index in [9.17, 15) is 8.42 Å². The first-order chi connectivity index (χ1) is 10.6. The van der Waals surface area contributed by atoms with Crippen molar-refractivity contribution in [1.82, 2.24) is 9.21 Å². The summed E-state index contributed by atoms with van der Waals surface area (Å²) in [4.78, 5) is 2.21. The van der Waals surface area contributed by atoms with Crippen LogP contribution in [0.4, 0.5) is 0 Å². The third-order valence-electron chi connectivity index (χ3n) is 4.45. The molecule has 120 valence electrons. The fourth-order valence-electron chi connectivity index (χ4n) is 3.08. The second-order valence-electron chi connectivity index (χ2n) is 6.01. The van der Waals surface area contributed by atoms with Crippen molar-refractivity contribution in [2.45, 2.75) is 37.3 Å². The van der Waals surface area contributed by atoms with Crippen LogP contribution in [0.2, 0.25) is 0 Å². The first-order valence-corrected chi connectivity index (χ1v) is 9.24. The molecule has 1 aromatic rings. The maximum Gasteiger partial charge on any atom is 0.276 e. The molecule has 6 nitrogen and oxygen atoms in total. The number of furan rings is 1. The van der Waals surface area contributed by atoms with Crippen molar-refractivity contribution in [3.63, 3.8) is 0 Å². The van der Waals surface area contributed by atoms with Gasteiger partial charge in [0.2, 0.25) is 5.09 Å². The van der Waals surface area contributed by atoms with Crippen LogP contribution in [-0.4, -0.2) is 43.8 Å². The molecule has 3 rings (SSSR count). The van der Waals surface area contributed by atoms with Crippen LogP contribution in [0.15, 0.2) is 21.6 Å². The minimum Gasteiger partial charge on any atom is -0.447 e. The van der Waals surface area contributed by atoms with Gasteiger partial charge in [0.1, 0.15) is 5.76 Å². The van der Waals surface area contributed by atoms with E-state index in [0.717, 1.165) is 38.8 Å². The largest absolute Gasteiger partial charge is 0.447 e. The molecule has 1 aromatic heterocycles. The van der Waals surface area contributed by atoms with E-state index in [1.807, 2.05) is 0 Å².